The molecule has 1 heterocycles. The summed E-state index contributed by atoms with van der Waals surface area (Å²) in [5.74, 6) is -0.182. The molecule has 3 nitrogen and oxygen atoms in total. The van der Waals surface area contributed by atoms with Crippen molar-refractivity contribution in [1.82, 2.24) is 4.90 Å². The van der Waals surface area contributed by atoms with Crippen LogP contribution in [-0.4, -0.2) is 22.6 Å². The van der Waals surface area contributed by atoms with Crippen molar-refractivity contribution in [2.75, 3.05) is 6.54 Å². The summed E-state index contributed by atoms with van der Waals surface area (Å²) in [5, 5.41) is -0.175. The van der Waals surface area contributed by atoms with Crippen LogP contribution in [0.4, 0.5) is 4.79 Å². The minimum atomic E-state index is -0.182. The Labute approximate surface area is 146 Å². The predicted octanol–water partition coefficient (Wildman–Crippen LogP) is 4.66. The van der Waals surface area contributed by atoms with Gasteiger partial charge in [0.15, 0.2) is 0 Å². The van der Waals surface area contributed by atoms with Gasteiger partial charge in [-0.05, 0) is 48.7 Å². The summed E-state index contributed by atoms with van der Waals surface area (Å²) < 4.78 is 0. The van der Waals surface area contributed by atoms with Crippen LogP contribution >= 0.6 is 11.8 Å². The molecule has 2 amide bonds. The zero-order valence-electron chi connectivity index (χ0n) is 13.6. The molecule has 0 bridgehead atoms. The smallest absolute Gasteiger partial charge is 0.268 e. The maximum absolute atomic E-state index is 12.4. The first-order valence-corrected chi connectivity index (χ1v) is 8.81. The SMILES string of the molecule is Cc1ccc(/C=C2/SC(=O)N(CCCc3ccccc3)C2=O)cc1. The van der Waals surface area contributed by atoms with E-state index < -0.39 is 0 Å². The van der Waals surface area contributed by atoms with Crippen LogP contribution in [-0.2, 0) is 11.2 Å². The molecule has 0 aromatic heterocycles. The molecule has 0 radical (unpaired) electrons. The van der Waals surface area contributed by atoms with Crippen LogP contribution in [0.25, 0.3) is 6.08 Å². The van der Waals surface area contributed by atoms with Crippen molar-refractivity contribution in [2.24, 2.45) is 0 Å². The number of amides is 2. The zero-order chi connectivity index (χ0) is 16.9. The fraction of sp³-hybridized carbons (Fsp3) is 0.200. The summed E-state index contributed by atoms with van der Waals surface area (Å²) >= 11 is 1.03. The molecule has 1 aliphatic rings. The fourth-order valence-electron chi connectivity index (χ4n) is 2.59. The van der Waals surface area contributed by atoms with Gasteiger partial charge in [0.1, 0.15) is 0 Å². The fourth-order valence-corrected chi connectivity index (χ4v) is 3.46. The molecule has 0 aliphatic carbocycles. The van der Waals surface area contributed by atoms with E-state index >= 15 is 0 Å². The monoisotopic (exact) mass is 337 g/mol. The molecular weight excluding hydrogens is 318 g/mol. The third-order valence-electron chi connectivity index (χ3n) is 3.94. The molecule has 24 heavy (non-hydrogen) atoms. The van der Waals surface area contributed by atoms with Crippen LogP contribution in [0.3, 0.4) is 0 Å². The molecule has 0 spiro atoms. The predicted molar refractivity (Wildman–Crippen MR) is 98.6 cm³/mol. The quantitative estimate of drug-likeness (QED) is 0.744. The Balaban J connectivity index is 1.62. The average molecular weight is 337 g/mol. The van der Waals surface area contributed by atoms with Crippen molar-refractivity contribution in [3.05, 3.63) is 76.2 Å². The van der Waals surface area contributed by atoms with Crippen molar-refractivity contribution in [3.8, 4) is 0 Å². The Hall–Kier alpha value is -2.33. The third kappa shape index (κ3) is 3.95. The number of hydrogen-bond acceptors (Lipinski definition) is 3. The van der Waals surface area contributed by atoms with Crippen LogP contribution in [0.1, 0.15) is 23.1 Å². The van der Waals surface area contributed by atoms with E-state index in [2.05, 4.69) is 12.1 Å². The summed E-state index contributed by atoms with van der Waals surface area (Å²) in [6.45, 7) is 2.48. The third-order valence-corrected chi connectivity index (χ3v) is 4.85. The van der Waals surface area contributed by atoms with Gasteiger partial charge >= 0.3 is 0 Å². The molecule has 0 N–H and O–H groups in total. The molecule has 2 aromatic carbocycles. The first-order chi connectivity index (χ1) is 11.6. The lowest BCUT2D eigenvalue weighted by Gasteiger charge is -2.12. The van der Waals surface area contributed by atoms with Crippen molar-refractivity contribution in [3.63, 3.8) is 0 Å². The summed E-state index contributed by atoms with van der Waals surface area (Å²) in [7, 11) is 0. The van der Waals surface area contributed by atoms with E-state index in [1.807, 2.05) is 49.4 Å². The Kier molecular flexibility index (Phi) is 5.16. The standard InChI is InChI=1S/C20H19NO2S/c1-15-9-11-17(12-10-15)14-18-19(22)21(20(23)24-18)13-5-8-16-6-3-2-4-7-16/h2-4,6-7,9-12,14H,5,8,13H2,1H3/b18-14+. The van der Waals surface area contributed by atoms with Gasteiger partial charge in [-0.1, -0.05) is 60.2 Å². The molecule has 0 saturated carbocycles. The van der Waals surface area contributed by atoms with Gasteiger partial charge in [0.2, 0.25) is 0 Å². The number of nitrogens with zero attached hydrogens (tertiary/aromatic N) is 1. The Morgan fingerprint density at radius 1 is 1.00 bits per heavy atom. The van der Waals surface area contributed by atoms with Gasteiger partial charge in [-0.3, -0.25) is 14.5 Å². The minimum absolute atomic E-state index is 0.175. The molecule has 1 aliphatic heterocycles. The first-order valence-electron chi connectivity index (χ1n) is 7.99. The summed E-state index contributed by atoms with van der Waals surface area (Å²) in [4.78, 5) is 26.4. The van der Waals surface area contributed by atoms with Gasteiger partial charge in [0.25, 0.3) is 11.1 Å². The summed E-state index contributed by atoms with van der Waals surface area (Å²) in [6.07, 6.45) is 3.43. The van der Waals surface area contributed by atoms with Crippen molar-refractivity contribution in [2.45, 2.75) is 19.8 Å². The molecule has 4 heteroatoms. The Bertz CT molecular complexity index is 766. The molecule has 1 saturated heterocycles. The number of thioether (sulfide) groups is 1. The maximum Gasteiger partial charge on any atom is 0.293 e. The van der Waals surface area contributed by atoms with Crippen LogP contribution in [0.5, 0.6) is 0 Å². The van der Waals surface area contributed by atoms with Crippen molar-refractivity contribution in [1.29, 1.82) is 0 Å². The highest BCUT2D eigenvalue weighted by atomic mass is 32.2. The lowest BCUT2D eigenvalue weighted by Crippen LogP contribution is -2.29. The van der Waals surface area contributed by atoms with Crippen LogP contribution in [0.15, 0.2) is 59.5 Å². The van der Waals surface area contributed by atoms with E-state index in [1.54, 1.807) is 6.08 Å². The van der Waals surface area contributed by atoms with Crippen molar-refractivity contribution < 1.29 is 9.59 Å². The second-order valence-corrected chi connectivity index (χ2v) is 6.83. The number of aryl methyl sites for hydroxylation is 2. The van der Waals surface area contributed by atoms with E-state index in [9.17, 15) is 9.59 Å². The minimum Gasteiger partial charge on any atom is -0.268 e. The molecule has 1 fully saturated rings. The lowest BCUT2D eigenvalue weighted by atomic mass is 10.1. The molecular formula is C20H19NO2S. The topological polar surface area (TPSA) is 37.4 Å². The highest BCUT2D eigenvalue weighted by Crippen LogP contribution is 2.32. The normalized spacial score (nSPS) is 16.2. The van der Waals surface area contributed by atoms with Gasteiger partial charge in [-0.15, -0.1) is 0 Å². The number of carbonyl (C=O) groups excluding carboxylic acids is 2. The summed E-state index contributed by atoms with van der Waals surface area (Å²) in [6, 6.07) is 18.0. The van der Waals surface area contributed by atoms with Gasteiger partial charge in [0.05, 0.1) is 4.91 Å². The van der Waals surface area contributed by atoms with E-state index in [0.717, 1.165) is 30.2 Å². The number of imide groups is 1. The van der Waals surface area contributed by atoms with E-state index in [1.165, 1.54) is 16.0 Å². The number of hydrogen-bond donors (Lipinski definition) is 0. The van der Waals surface area contributed by atoms with Gasteiger partial charge in [-0.25, -0.2) is 0 Å². The second kappa shape index (κ2) is 7.49. The van der Waals surface area contributed by atoms with Crippen LogP contribution < -0.4 is 0 Å². The van der Waals surface area contributed by atoms with Crippen molar-refractivity contribution >= 4 is 29.0 Å². The molecule has 2 aromatic rings. The number of carbonyl (C=O) groups is 2. The van der Waals surface area contributed by atoms with E-state index in [4.69, 9.17) is 0 Å². The highest BCUT2D eigenvalue weighted by molar-refractivity contribution is 8.18. The Morgan fingerprint density at radius 3 is 2.42 bits per heavy atom. The molecule has 0 atom stereocenters. The van der Waals surface area contributed by atoms with E-state index in [-0.39, 0.29) is 11.1 Å². The second-order valence-electron chi connectivity index (χ2n) is 5.83. The van der Waals surface area contributed by atoms with Gasteiger partial charge in [0, 0.05) is 6.54 Å². The van der Waals surface area contributed by atoms with Gasteiger partial charge < -0.3 is 0 Å². The van der Waals surface area contributed by atoms with Crippen LogP contribution in [0.2, 0.25) is 0 Å². The highest BCUT2D eigenvalue weighted by Gasteiger charge is 2.34. The zero-order valence-corrected chi connectivity index (χ0v) is 14.4. The number of benzene rings is 2. The number of rotatable bonds is 5. The first kappa shape index (κ1) is 16.5. The van der Waals surface area contributed by atoms with Crippen LogP contribution in [0, 0.1) is 6.92 Å². The molecule has 0 unspecified atom stereocenters. The average Bonchev–Trinajstić information content (AvgIpc) is 2.85. The summed E-state index contributed by atoms with van der Waals surface area (Å²) in [5.41, 5.74) is 3.33. The van der Waals surface area contributed by atoms with Gasteiger partial charge in [-0.2, -0.15) is 0 Å². The molecule has 122 valence electrons. The lowest BCUT2D eigenvalue weighted by molar-refractivity contribution is -0.122. The molecule has 3 rings (SSSR count). The maximum atomic E-state index is 12.4. The largest absolute Gasteiger partial charge is 0.293 e. The van der Waals surface area contributed by atoms with E-state index in [0.29, 0.717) is 11.4 Å². The Morgan fingerprint density at radius 2 is 1.71 bits per heavy atom.